The summed E-state index contributed by atoms with van der Waals surface area (Å²) in [5.74, 6) is 0.175. The summed E-state index contributed by atoms with van der Waals surface area (Å²) in [4.78, 5) is 3.81. The minimum atomic E-state index is 0. The van der Waals surface area contributed by atoms with Crippen LogP contribution < -0.4 is 0 Å². The van der Waals surface area contributed by atoms with E-state index < -0.39 is 0 Å². The van der Waals surface area contributed by atoms with E-state index in [0.717, 1.165) is 0 Å². The van der Waals surface area contributed by atoms with Gasteiger partial charge >= 0.3 is 0 Å². The van der Waals surface area contributed by atoms with Gasteiger partial charge in [-0.3, -0.25) is 5.26 Å². The van der Waals surface area contributed by atoms with Crippen molar-refractivity contribution < 1.29 is 59.3 Å². The van der Waals surface area contributed by atoms with Crippen LogP contribution in [0.4, 0.5) is 0 Å². The predicted octanol–water partition coefficient (Wildman–Crippen LogP) is 1.44. The Morgan fingerprint density at radius 2 is 2.20 bits per heavy atom. The molecule has 0 saturated carbocycles. The Morgan fingerprint density at radius 1 is 1.50 bits per heavy atom. The van der Waals surface area contributed by atoms with Crippen LogP contribution in [0.25, 0.3) is 0 Å². The Morgan fingerprint density at radius 3 is 2.60 bits per heavy atom. The van der Waals surface area contributed by atoms with Crippen LogP contribution >= 0.6 is 11.3 Å². The van der Waals surface area contributed by atoms with E-state index in [1.807, 2.05) is 0 Å². The third kappa shape index (κ3) is 2.85. The zero-order valence-electron chi connectivity index (χ0n) is 5.15. The Balaban J connectivity index is 0.000000810. The summed E-state index contributed by atoms with van der Waals surface area (Å²) in [6.07, 6.45) is 0. The number of hydrogen-bond donors (Lipinski definition) is 2. The maximum atomic E-state index is 8.90. The van der Waals surface area contributed by atoms with Gasteiger partial charge in [0.25, 0.3) is 0 Å². The summed E-state index contributed by atoms with van der Waals surface area (Å²) in [5.41, 5.74) is 0.613. The standard InChI is InChI=1S/C5H6O3S.Ac/c6-5-3-9-2-4(5)1-8-7;/h2-3,6-7H,1H2;. The predicted molar refractivity (Wildman–Crippen MR) is 33.4 cm³/mol. The first-order valence-electron chi connectivity index (χ1n) is 2.35. The second-order valence-electron chi connectivity index (χ2n) is 1.56. The fourth-order valence-corrected chi connectivity index (χ4v) is 1.20. The molecule has 0 amide bonds. The molecule has 0 unspecified atom stereocenters. The first-order chi connectivity index (χ1) is 4.34. The summed E-state index contributed by atoms with van der Waals surface area (Å²) in [5, 5.41) is 20.1. The van der Waals surface area contributed by atoms with Crippen LogP contribution in [0.3, 0.4) is 0 Å². The fraction of sp³-hybridized carbons (Fsp3) is 0.200. The summed E-state index contributed by atoms with van der Waals surface area (Å²) in [6.45, 7) is 0.0509. The van der Waals surface area contributed by atoms with Crippen molar-refractivity contribution in [3.8, 4) is 5.75 Å². The molecular weight excluding hydrogens is 367 g/mol. The van der Waals surface area contributed by atoms with Gasteiger partial charge in [-0.05, 0) is 0 Å². The van der Waals surface area contributed by atoms with Crippen molar-refractivity contribution >= 4 is 11.3 Å². The molecule has 0 saturated heterocycles. The molecule has 1 aromatic rings. The minimum absolute atomic E-state index is 0. The van der Waals surface area contributed by atoms with Gasteiger partial charge in [-0.1, -0.05) is 0 Å². The monoisotopic (exact) mass is 373 g/mol. The number of hydrogen-bond acceptors (Lipinski definition) is 4. The molecule has 0 aliphatic rings. The molecule has 10 heavy (non-hydrogen) atoms. The molecule has 5 heteroatoms. The van der Waals surface area contributed by atoms with Gasteiger partial charge in [0.1, 0.15) is 12.4 Å². The second-order valence-corrected chi connectivity index (χ2v) is 2.30. The molecule has 1 aromatic heterocycles. The molecule has 0 aliphatic heterocycles. The molecule has 0 bridgehead atoms. The van der Waals surface area contributed by atoms with E-state index in [2.05, 4.69) is 4.89 Å². The topological polar surface area (TPSA) is 49.7 Å². The van der Waals surface area contributed by atoms with Gasteiger partial charge in [0.05, 0.1) is 0 Å². The molecule has 1 radical (unpaired) electrons. The van der Waals surface area contributed by atoms with Gasteiger partial charge in [-0.2, -0.15) is 0 Å². The summed E-state index contributed by atoms with van der Waals surface area (Å²) in [7, 11) is 0. The van der Waals surface area contributed by atoms with E-state index in [1.165, 1.54) is 11.3 Å². The van der Waals surface area contributed by atoms with Gasteiger partial charge in [0, 0.05) is 60.4 Å². The fourth-order valence-electron chi connectivity index (χ4n) is 0.494. The maximum Gasteiger partial charge on any atom is 0.131 e. The molecule has 1 heterocycles. The van der Waals surface area contributed by atoms with Gasteiger partial charge in [0.15, 0.2) is 0 Å². The Hall–Kier alpha value is 0.862. The second kappa shape index (κ2) is 5.50. The van der Waals surface area contributed by atoms with Crippen LogP contribution in [0.5, 0.6) is 5.75 Å². The third-order valence-corrected chi connectivity index (χ3v) is 1.72. The van der Waals surface area contributed by atoms with Crippen LogP contribution in [0.2, 0.25) is 0 Å². The van der Waals surface area contributed by atoms with Crippen molar-refractivity contribution in [2.24, 2.45) is 0 Å². The molecule has 2 N–H and O–H groups in total. The van der Waals surface area contributed by atoms with Crippen LogP contribution in [0, 0.1) is 44.1 Å². The van der Waals surface area contributed by atoms with Gasteiger partial charge in [-0.25, -0.2) is 4.89 Å². The van der Waals surface area contributed by atoms with Crippen LogP contribution in [0.1, 0.15) is 5.56 Å². The first-order valence-corrected chi connectivity index (χ1v) is 3.29. The molecular formula is C5H6AcO3S. The molecule has 0 aromatic carbocycles. The Bertz CT molecular complexity index is 189. The van der Waals surface area contributed by atoms with Crippen molar-refractivity contribution in [2.45, 2.75) is 6.61 Å². The molecule has 0 atom stereocenters. The molecule has 3 nitrogen and oxygen atoms in total. The van der Waals surface area contributed by atoms with Crippen molar-refractivity contribution in [1.82, 2.24) is 0 Å². The zero-order chi connectivity index (χ0) is 6.69. The summed E-state index contributed by atoms with van der Waals surface area (Å²) >= 11 is 1.37. The zero-order valence-corrected chi connectivity index (χ0v) is 10.7. The normalized spacial score (nSPS) is 8.90. The van der Waals surface area contributed by atoms with Crippen molar-refractivity contribution in [2.75, 3.05) is 0 Å². The smallest absolute Gasteiger partial charge is 0.131 e. The van der Waals surface area contributed by atoms with Crippen molar-refractivity contribution in [1.29, 1.82) is 0 Å². The quantitative estimate of drug-likeness (QED) is 0.610. The number of rotatable bonds is 2. The summed E-state index contributed by atoms with van der Waals surface area (Å²) < 4.78 is 0. The Labute approximate surface area is 98.1 Å². The van der Waals surface area contributed by atoms with Crippen molar-refractivity contribution in [3.05, 3.63) is 16.3 Å². The van der Waals surface area contributed by atoms with Gasteiger partial charge < -0.3 is 5.11 Å². The van der Waals surface area contributed by atoms with E-state index in [4.69, 9.17) is 10.4 Å². The number of thiophene rings is 1. The Kier molecular flexibility index (Phi) is 5.98. The van der Waals surface area contributed by atoms with Crippen LogP contribution in [0.15, 0.2) is 10.8 Å². The maximum absolute atomic E-state index is 8.90. The largest absolute Gasteiger partial charge is 0.507 e. The molecule has 0 spiro atoms. The third-order valence-electron chi connectivity index (χ3n) is 0.939. The minimum Gasteiger partial charge on any atom is -0.507 e. The van der Waals surface area contributed by atoms with E-state index in [-0.39, 0.29) is 56.4 Å². The van der Waals surface area contributed by atoms with E-state index >= 15 is 0 Å². The van der Waals surface area contributed by atoms with Crippen molar-refractivity contribution in [3.63, 3.8) is 0 Å². The van der Waals surface area contributed by atoms with Gasteiger partial charge in [-0.15, -0.1) is 11.3 Å². The molecule has 1 rings (SSSR count). The summed E-state index contributed by atoms with van der Waals surface area (Å²) in [6, 6.07) is 0. The van der Waals surface area contributed by atoms with E-state index in [9.17, 15) is 0 Å². The SMILES string of the molecule is OOCc1cscc1O.[Ac]. The molecule has 0 fully saturated rings. The number of aromatic hydroxyl groups is 1. The van der Waals surface area contributed by atoms with E-state index in [0.29, 0.717) is 5.56 Å². The molecule has 0 aliphatic carbocycles. The molecule has 53 valence electrons. The average Bonchev–Trinajstić information content (AvgIpc) is 2.18. The van der Waals surface area contributed by atoms with Gasteiger partial charge in [0.2, 0.25) is 0 Å². The van der Waals surface area contributed by atoms with Crippen LogP contribution in [-0.2, 0) is 11.5 Å². The average molecular weight is 373 g/mol. The van der Waals surface area contributed by atoms with E-state index in [1.54, 1.807) is 10.8 Å². The first kappa shape index (κ1) is 10.9. The van der Waals surface area contributed by atoms with Crippen LogP contribution in [-0.4, -0.2) is 10.4 Å².